The van der Waals surface area contributed by atoms with E-state index in [0.717, 1.165) is 32.1 Å². The van der Waals surface area contributed by atoms with Gasteiger partial charge in [0.25, 0.3) is 0 Å². The summed E-state index contributed by atoms with van der Waals surface area (Å²) in [5, 5.41) is 6.29. The molecule has 0 saturated heterocycles. The van der Waals surface area contributed by atoms with Gasteiger partial charge in [0.2, 0.25) is 11.8 Å². The molecule has 2 N–H and O–H groups in total. The average molecular weight is 337 g/mol. The van der Waals surface area contributed by atoms with Crippen molar-refractivity contribution < 1.29 is 9.59 Å². The predicted molar refractivity (Wildman–Crippen MR) is 97.5 cm³/mol. The minimum atomic E-state index is -0.413. The van der Waals surface area contributed by atoms with Crippen molar-refractivity contribution >= 4 is 11.8 Å². The quantitative estimate of drug-likeness (QED) is 0.805. The molecule has 0 unspecified atom stereocenters. The molecule has 0 radical (unpaired) electrons. The van der Waals surface area contributed by atoms with E-state index in [1.807, 2.05) is 13.8 Å². The van der Waals surface area contributed by atoms with E-state index in [-0.39, 0.29) is 29.7 Å². The van der Waals surface area contributed by atoms with Crippen molar-refractivity contribution in [3.05, 3.63) is 0 Å². The summed E-state index contributed by atoms with van der Waals surface area (Å²) < 4.78 is 0. The van der Waals surface area contributed by atoms with Crippen LogP contribution in [0.5, 0.6) is 0 Å². The Bertz CT molecular complexity index is 429. The van der Waals surface area contributed by atoms with E-state index in [1.54, 1.807) is 0 Å². The molecule has 24 heavy (non-hydrogen) atoms. The maximum atomic E-state index is 12.8. The number of rotatable bonds is 5. The van der Waals surface area contributed by atoms with E-state index in [2.05, 4.69) is 24.5 Å². The van der Waals surface area contributed by atoms with E-state index in [0.29, 0.717) is 11.8 Å². The van der Waals surface area contributed by atoms with Crippen LogP contribution in [0.25, 0.3) is 0 Å². The van der Waals surface area contributed by atoms with Gasteiger partial charge in [-0.1, -0.05) is 59.8 Å². The van der Waals surface area contributed by atoms with Crippen LogP contribution in [-0.2, 0) is 9.59 Å². The second-order valence-corrected chi connectivity index (χ2v) is 8.45. The van der Waals surface area contributed by atoms with Crippen LogP contribution in [-0.4, -0.2) is 23.9 Å². The van der Waals surface area contributed by atoms with Gasteiger partial charge in [-0.05, 0) is 37.0 Å². The highest BCUT2D eigenvalue weighted by atomic mass is 16.2. The molecule has 0 bridgehead atoms. The molecule has 4 atom stereocenters. The molecule has 0 aromatic carbocycles. The maximum Gasteiger partial charge on any atom is 0.243 e. The van der Waals surface area contributed by atoms with Crippen molar-refractivity contribution in [2.45, 2.75) is 91.1 Å². The van der Waals surface area contributed by atoms with Gasteiger partial charge in [-0.2, -0.15) is 0 Å². The Labute approximate surface area is 147 Å². The van der Waals surface area contributed by atoms with Crippen LogP contribution in [0.4, 0.5) is 0 Å². The lowest BCUT2D eigenvalue weighted by molar-refractivity contribution is -0.133. The Morgan fingerprint density at radius 1 is 0.917 bits per heavy atom. The molecule has 0 spiro atoms. The largest absolute Gasteiger partial charge is 0.351 e. The highest BCUT2D eigenvalue weighted by molar-refractivity contribution is 5.88. The zero-order chi connectivity index (χ0) is 17.7. The first-order valence-electron chi connectivity index (χ1n) is 10.0. The zero-order valence-electron chi connectivity index (χ0n) is 15.9. The van der Waals surface area contributed by atoms with Gasteiger partial charge in [-0.25, -0.2) is 0 Å². The van der Waals surface area contributed by atoms with E-state index in [1.165, 1.54) is 19.3 Å². The number of carbonyl (C=O) groups is 2. The topological polar surface area (TPSA) is 58.2 Å². The van der Waals surface area contributed by atoms with E-state index < -0.39 is 6.04 Å². The third kappa shape index (κ3) is 4.97. The first kappa shape index (κ1) is 19.3. The van der Waals surface area contributed by atoms with Crippen LogP contribution in [0.2, 0.25) is 0 Å². The van der Waals surface area contributed by atoms with Gasteiger partial charge in [0.1, 0.15) is 6.04 Å². The molecule has 2 amide bonds. The summed E-state index contributed by atoms with van der Waals surface area (Å²) in [5.41, 5.74) is 0. The molecule has 0 aromatic rings. The summed E-state index contributed by atoms with van der Waals surface area (Å²) in [5.74, 6) is 1.44. The molecule has 2 saturated carbocycles. The minimum Gasteiger partial charge on any atom is -0.351 e. The number of nitrogens with one attached hydrogen (secondary N) is 2. The summed E-state index contributed by atoms with van der Waals surface area (Å²) >= 11 is 0. The Hall–Kier alpha value is -1.06. The maximum absolute atomic E-state index is 12.8. The second kappa shape index (κ2) is 8.87. The lowest BCUT2D eigenvalue weighted by atomic mass is 9.78. The van der Waals surface area contributed by atoms with Gasteiger partial charge in [0.05, 0.1) is 0 Å². The van der Waals surface area contributed by atoms with Crippen LogP contribution in [0, 0.1) is 23.7 Å². The van der Waals surface area contributed by atoms with Gasteiger partial charge < -0.3 is 10.6 Å². The number of hydrogen-bond donors (Lipinski definition) is 2. The van der Waals surface area contributed by atoms with Gasteiger partial charge in [0, 0.05) is 12.0 Å². The SMILES string of the molecule is CC(C)[C@@H](NC(=O)C1CCCCC1)C(=O)N[C@H]1CCC[C@H](C)[C@H]1C. The van der Waals surface area contributed by atoms with Crippen molar-refractivity contribution in [2.75, 3.05) is 0 Å². The summed E-state index contributed by atoms with van der Waals surface area (Å²) in [6, 6.07) is -0.169. The van der Waals surface area contributed by atoms with E-state index in [9.17, 15) is 9.59 Å². The van der Waals surface area contributed by atoms with Gasteiger partial charge >= 0.3 is 0 Å². The first-order chi connectivity index (χ1) is 11.4. The van der Waals surface area contributed by atoms with Crippen LogP contribution >= 0.6 is 0 Å². The summed E-state index contributed by atoms with van der Waals surface area (Å²) in [7, 11) is 0. The first-order valence-corrected chi connectivity index (χ1v) is 10.0. The van der Waals surface area contributed by atoms with E-state index >= 15 is 0 Å². The smallest absolute Gasteiger partial charge is 0.243 e. The van der Waals surface area contributed by atoms with Crippen LogP contribution in [0.15, 0.2) is 0 Å². The van der Waals surface area contributed by atoms with Crippen molar-refractivity contribution in [1.29, 1.82) is 0 Å². The van der Waals surface area contributed by atoms with Crippen LogP contribution in [0.1, 0.15) is 79.1 Å². The Kier molecular flexibility index (Phi) is 7.12. The van der Waals surface area contributed by atoms with Crippen LogP contribution < -0.4 is 10.6 Å². The minimum absolute atomic E-state index is 0.000101. The predicted octanol–water partition coefficient (Wildman–Crippen LogP) is 3.65. The van der Waals surface area contributed by atoms with Crippen molar-refractivity contribution in [3.63, 3.8) is 0 Å². The molecular formula is C20H36N2O2. The Morgan fingerprint density at radius 3 is 2.21 bits per heavy atom. The summed E-state index contributed by atoms with van der Waals surface area (Å²) in [4.78, 5) is 25.3. The second-order valence-electron chi connectivity index (χ2n) is 8.45. The lowest BCUT2D eigenvalue weighted by Crippen LogP contribution is -2.55. The highest BCUT2D eigenvalue weighted by Gasteiger charge is 2.33. The molecule has 2 rings (SSSR count). The normalized spacial score (nSPS) is 30.0. The molecular weight excluding hydrogens is 300 g/mol. The van der Waals surface area contributed by atoms with Gasteiger partial charge in [-0.15, -0.1) is 0 Å². The molecule has 2 aliphatic rings. The number of hydrogen-bond acceptors (Lipinski definition) is 2. The monoisotopic (exact) mass is 336 g/mol. The fraction of sp³-hybridized carbons (Fsp3) is 0.900. The molecule has 4 heteroatoms. The fourth-order valence-electron chi connectivity index (χ4n) is 4.23. The third-order valence-corrected chi connectivity index (χ3v) is 6.26. The number of carbonyl (C=O) groups excluding carboxylic acids is 2. The summed E-state index contributed by atoms with van der Waals surface area (Å²) in [6.45, 7) is 8.53. The number of amides is 2. The standard InChI is InChI=1S/C20H36N2O2/c1-13(2)18(22-19(23)16-10-6-5-7-11-16)20(24)21-17-12-8-9-14(3)15(17)4/h13-18H,5-12H2,1-4H3,(H,21,24)(H,22,23)/t14-,15+,17-,18+/m0/s1. The Morgan fingerprint density at radius 2 is 1.58 bits per heavy atom. The average Bonchev–Trinajstić information content (AvgIpc) is 2.57. The molecule has 0 aliphatic heterocycles. The third-order valence-electron chi connectivity index (χ3n) is 6.26. The zero-order valence-corrected chi connectivity index (χ0v) is 15.9. The van der Waals surface area contributed by atoms with Gasteiger partial charge in [0.15, 0.2) is 0 Å². The van der Waals surface area contributed by atoms with E-state index in [4.69, 9.17) is 0 Å². The molecule has 0 aromatic heterocycles. The molecule has 2 aliphatic carbocycles. The summed E-state index contributed by atoms with van der Waals surface area (Å²) in [6.07, 6.45) is 8.91. The van der Waals surface area contributed by atoms with Gasteiger partial charge in [-0.3, -0.25) is 9.59 Å². The van der Waals surface area contributed by atoms with Crippen LogP contribution in [0.3, 0.4) is 0 Å². The molecule has 4 nitrogen and oxygen atoms in total. The molecule has 2 fully saturated rings. The molecule has 0 heterocycles. The Balaban J connectivity index is 1.93. The van der Waals surface area contributed by atoms with Crippen molar-refractivity contribution in [3.8, 4) is 0 Å². The van der Waals surface area contributed by atoms with Crippen molar-refractivity contribution in [1.82, 2.24) is 10.6 Å². The van der Waals surface area contributed by atoms with Crippen molar-refractivity contribution in [2.24, 2.45) is 23.7 Å². The molecule has 138 valence electrons. The fourth-order valence-corrected chi connectivity index (χ4v) is 4.23. The highest BCUT2D eigenvalue weighted by Crippen LogP contribution is 2.29. The lowest BCUT2D eigenvalue weighted by Gasteiger charge is -2.36.